The molecule has 0 bridgehead atoms. The number of carbonyl (C=O) groups excluding carboxylic acids is 1. The van der Waals surface area contributed by atoms with Gasteiger partial charge < -0.3 is 88.3 Å². The number of aliphatic hydroxyl groups excluding tert-OH is 8. The van der Waals surface area contributed by atoms with Crippen molar-refractivity contribution in [1.29, 1.82) is 0 Å². The number of fused-ring (bicyclic) bond motifs is 1. The van der Waals surface area contributed by atoms with Crippen molar-refractivity contribution in [3.63, 3.8) is 0 Å². The molecule has 2 aromatic carbocycles. The second kappa shape index (κ2) is 17.0. The second-order valence-electron chi connectivity index (χ2n) is 13.1. The van der Waals surface area contributed by atoms with Gasteiger partial charge in [0.05, 0.1) is 26.9 Å². The molecule has 9 N–H and O–H groups in total. The first-order valence-corrected chi connectivity index (χ1v) is 17.1. The molecule has 20 nitrogen and oxygen atoms in total. The Morgan fingerprint density at radius 2 is 1.47 bits per heavy atom. The van der Waals surface area contributed by atoms with Crippen molar-refractivity contribution in [3.8, 4) is 28.6 Å². The van der Waals surface area contributed by atoms with E-state index >= 15 is 0 Å². The van der Waals surface area contributed by atoms with E-state index in [1.54, 1.807) is 24.3 Å². The molecule has 0 radical (unpaired) electrons. The number of esters is 1. The van der Waals surface area contributed by atoms with Gasteiger partial charge in [-0.25, -0.2) is 0 Å². The normalized spacial score (nSPS) is 35.3. The Morgan fingerprint density at radius 3 is 2.15 bits per heavy atom. The van der Waals surface area contributed by atoms with Gasteiger partial charge in [0, 0.05) is 30.7 Å². The summed E-state index contributed by atoms with van der Waals surface area (Å²) in [5, 5.41) is 94.4. The Labute approximate surface area is 311 Å². The van der Waals surface area contributed by atoms with Gasteiger partial charge in [0.15, 0.2) is 30.2 Å². The van der Waals surface area contributed by atoms with E-state index in [2.05, 4.69) is 0 Å². The first-order valence-electron chi connectivity index (χ1n) is 17.1. The molecule has 0 amide bonds. The van der Waals surface area contributed by atoms with E-state index in [1.165, 1.54) is 19.2 Å². The molecule has 3 aliphatic rings. The number of aromatic hydroxyl groups is 1. The molecule has 4 heterocycles. The zero-order valence-corrected chi connectivity index (χ0v) is 29.3. The Hall–Kier alpha value is -4.00. The maximum Gasteiger partial charge on any atom is 0.303 e. The molecule has 6 rings (SSSR count). The largest absolute Gasteiger partial charge is 0.507 e. The average molecular weight is 783 g/mol. The van der Waals surface area contributed by atoms with E-state index in [4.69, 9.17) is 42.3 Å². The fourth-order valence-corrected chi connectivity index (χ4v) is 6.38. The van der Waals surface area contributed by atoms with Crippen LogP contribution in [0.1, 0.15) is 6.92 Å². The summed E-state index contributed by atoms with van der Waals surface area (Å²) in [5.74, 6) is -1.05. The smallest absolute Gasteiger partial charge is 0.303 e. The highest BCUT2D eigenvalue weighted by Crippen LogP contribution is 2.36. The quantitative estimate of drug-likeness (QED) is 0.0888. The third-order valence-corrected chi connectivity index (χ3v) is 9.35. The molecule has 1 aromatic heterocycles. The third kappa shape index (κ3) is 8.56. The minimum absolute atomic E-state index is 0.123. The Bertz CT molecular complexity index is 1830. The van der Waals surface area contributed by atoms with Crippen LogP contribution in [0.2, 0.25) is 0 Å². The molecule has 0 saturated carbocycles. The summed E-state index contributed by atoms with van der Waals surface area (Å²) >= 11 is 0. The number of aliphatic hydroxyl groups is 8. The lowest BCUT2D eigenvalue weighted by Crippen LogP contribution is -2.66. The number of hydrogen-bond acceptors (Lipinski definition) is 20. The van der Waals surface area contributed by atoms with Crippen LogP contribution in [0.3, 0.4) is 0 Å². The van der Waals surface area contributed by atoms with Crippen LogP contribution < -0.4 is 14.9 Å². The van der Waals surface area contributed by atoms with Crippen LogP contribution >= 0.6 is 0 Å². The van der Waals surface area contributed by atoms with Gasteiger partial charge in [0.1, 0.15) is 88.9 Å². The number of benzene rings is 2. The summed E-state index contributed by atoms with van der Waals surface area (Å²) < 4.78 is 50.6. The lowest BCUT2D eigenvalue weighted by atomic mass is 9.97. The summed E-state index contributed by atoms with van der Waals surface area (Å²) in [7, 11) is 1.49. The number of phenolic OH excluding ortho intramolecular Hbond substituents is 1. The van der Waals surface area contributed by atoms with Crippen molar-refractivity contribution in [1.82, 2.24) is 0 Å². The molecule has 14 unspecified atom stereocenters. The lowest BCUT2D eigenvalue weighted by Gasteiger charge is -2.46. The van der Waals surface area contributed by atoms with Crippen molar-refractivity contribution in [2.75, 3.05) is 26.9 Å². The molecular weight excluding hydrogens is 740 g/mol. The van der Waals surface area contributed by atoms with Crippen LogP contribution in [0.4, 0.5) is 0 Å². The number of carbonyl (C=O) groups is 1. The van der Waals surface area contributed by atoms with Crippen molar-refractivity contribution in [2.45, 2.75) is 92.9 Å². The van der Waals surface area contributed by atoms with Crippen LogP contribution in [0.5, 0.6) is 17.2 Å². The van der Waals surface area contributed by atoms with Crippen LogP contribution in [-0.2, 0) is 33.2 Å². The highest BCUT2D eigenvalue weighted by molar-refractivity contribution is 5.86. The number of rotatable bonds is 11. The first-order chi connectivity index (χ1) is 26.2. The summed E-state index contributed by atoms with van der Waals surface area (Å²) in [6.07, 6.45) is -23.8. The minimum atomic E-state index is -1.97. The van der Waals surface area contributed by atoms with Gasteiger partial charge in [-0.1, -0.05) is 0 Å². The number of hydrogen-bond donors (Lipinski definition) is 9. The zero-order chi connectivity index (χ0) is 39.7. The minimum Gasteiger partial charge on any atom is -0.507 e. The van der Waals surface area contributed by atoms with Crippen molar-refractivity contribution >= 4 is 16.9 Å². The molecule has 3 fully saturated rings. The van der Waals surface area contributed by atoms with Gasteiger partial charge in [-0.2, -0.15) is 0 Å². The van der Waals surface area contributed by atoms with Crippen molar-refractivity contribution < 1.29 is 93.1 Å². The summed E-state index contributed by atoms with van der Waals surface area (Å²) in [6.45, 7) is -0.836. The third-order valence-electron chi connectivity index (χ3n) is 9.35. The van der Waals surface area contributed by atoms with E-state index in [-0.39, 0.29) is 22.5 Å². The van der Waals surface area contributed by atoms with Crippen LogP contribution in [0.15, 0.2) is 51.7 Å². The zero-order valence-electron chi connectivity index (χ0n) is 29.3. The van der Waals surface area contributed by atoms with Crippen molar-refractivity contribution in [2.24, 2.45) is 0 Å². The monoisotopic (exact) mass is 782 g/mol. The highest BCUT2D eigenvalue weighted by atomic mass is 16.8. The molecule has 14 atom stereocenters. The Kier molecular flexibility index (Phi) is 12.6. The van der Waals surface area contributed by atoms with Crippen LogP contribution in [-0.4, -0.2) is 165 Å². The average Bonchev–Trinajstić information content (AvgIpc) is 3.15. The Morgan fingerprint density at radius 1 is 0.800 bits per heavy atom. The van der Waals surface area contributed by atoms with Gasteiger partial charge in [0.25, 0.3) is 0 Å². The maximum absolute atomic E-state index is 13.1. The van der Waals surface area contributed by atoms with Gasteiger partial charge in [-0.15, -0.1) is 0 Å². The lowest BCUT2D eigenvalue weighted by molar-refractivity contribution is -0.362. The second-order valence-corrected chi connectivity index (χ2v) is 13.1. The van der Waals surface area contributed by atoms with Gasteiger partial charge in [-0.3, -0.25) is 9.59 Å². The molecule has 3 aliphatic heterocycles. The number of ether oxygens (including phenoxy) is 8. The number of phenols is 1. The van der Waals surface area contributed by atoms with E-state index < -0.39 is 123 Å². The SMILES string of the molecule is COc1ccc(-c2cc(=O)c3c(O)cc(OC4OC(COC5OCC(O)C(O)C5O)C(O)C(O)C4OC4OC(CO)C(O)C(O)C4OC(C)=O)cc3o2)cc1. The molecular formula is C35H42O20. The maximum atomic E-state index is 13.1. The van der Waals surface area contributed by atoms with E-state index in [0.29, 0.717) is 11.3 Å². The topological polar surface area (TPSA) is 303 Å². The van der Waals surface area contributed by atoms with Gasteiger partial charge in [-0.05, 0) is 24.3 Å². The van der Waals surface area contributed by atoms with Gasteiger partial charge in [0.2, 0.25) is 6.29 Å². The fraction of sp³-hybridized carbons (Fsp3) is 0.543. The predicted molar refractivity (Wildman–Crippen MR) is 179 cm³/mol. The van der Waals surface area contributed by atoms with Gasteiger partial charge >= 0.3 is 5.97 Å². The van der Waals surface area contributed by atoms with E-state index in [0.717, 1.165) is 13.0 Å². The summed E-state index contributed by atoms with van der Waals surface area (Å²) in [6, 6.07) is 10.0. The molecule has 302 valence electrons. The summed E-state index contributed by atoms with van der Waals surface area (Å²) in [4.78, 5) is 25.1. The molecule has 0 aliphatic carbocycles. The predicted octanol–water partition coefficient (Wildman–Crippen LogP) is -2.79. The standard InChI is InChI=1S/C35H42O20/c1-13(37)50-31-28(44)26(42)22(10-36)53-35(31)55-32-29(45)27(43)23(12-49-33-30(46)25(41)19(40)11-48-33)54-34(32)51-16-7-17(38)24-18(39)9-20(52-21(24)8-16)14-3-5-15(47-2)6-4-14/h3-9,19,22-23,25-36,38,40-46H,10-12H2,1-2H3. The van der Waals surface area contributed by atoms with Crippen LogP contribution in [0.25, 0.3) is 22.3 Å². The molecule has 3 aromatic rings. The molecule has 20 heteroatoms. The van der Waals surface area contributed by atoms with Crippen molar-refractivity contribution in [3.05, 3.63) is 52.7 Å². The highest BCUT2D eigenvalue weighted by Gasteiger charge is 2.53. The summed E-state index contributed by atoms with van der Waals surface area (Å²) in [5.41, 5.74) is -0.247. The molecule has 55 heavy (non-hydrogen) atoms. The number of methoxy groups -OCH3 is 1. The molecule has 0 spiro atoms. The molecule has 3 saturated heterocycles. The Balaban J connectivity index is 1.32. The first kappa shape index (κ1) is 40.7. The van der Waals surface area contributed by atoms with E-state index in [9.17, 15) is 55.5 Å². The van der Waals surface area contributed by atoms with Crippen LogP contribution in [0, 0.1) is 0 Å². The van der Waals surface area contributed by atoms with E-state index in [1.807, 2.05) is 0 Å². The fourth-order valence-electron chi connectivity index (χ4n) is 6.38.